The second-order valence-electron chi connectivity index (χ2n) is 6.90. The number of likely N-dealkylation sites (tertiary alicyclic amines) is 1. The van der Waals surface area contributed by atoms with E-state index in [2.05, 4.69) is 0 Å². The van der Waals surface area contributed by atoms with E-state index in [0.717, 1.165) is 44.9 Å². The van der Waals surface area contributed by atoms with Crippen LogP contribution < -0.4 is 0 Å². The number of rotatable bonds is 4. The van der Waals surface area contributed by atoms with Crippen LogP contribution in [0.2, 0.25) is 0 Å². The number of β-amino-alcohol motifs (C(OH)–C–C–N with tert-alkyl or cyclic N) is 1. The van der Waals surface area contributed by atoms with Crippen LogP contribution in [0, 0.1) is 5.41 Å². The van der Waals surface area contributed by atoms with E-state index in [9.17, 15) is 14.7 Å². The molecular formula is C16H27NO3. The first-order valence-corrected chi connectivity index (χ1v) is 7.97. The summed E-state index contributed by atoms with van der Waals surface area (Å²) in [5.74, 6) is -0.117. The Labute approximate surface area is 121 Å². The lowest BCUT2D eigenvalue weighted by Gasteiger charge is -2.30. The fourth-order valence-corrected chi connectivity index (χ4v) is 3.77. The Morgan fingerprint density at radius 2 is 1.80 bits per heavy atom. The summed E-state index contributed by atoms with van der Waals surface area (Å²) in [4.78, 5) is 26.3. The van der Waals surface area contributed by atoms with Gasteiger partial charge in [-0.3, -0.25) is 14.5 Å². The van der Waals surface area contributed by atoms with Crippen molar-refractivity contribution in [2.75, 3.05) is 6.54 Å². The number of aliphatic hydroxyl groups is 1. The first kappa shape index (κ1) is 15.5. The quantitative estimate of drug-likeness (QED) is 0.806. The zero-order valence-corrected chi connectivity index (χ0v) is 12.8. The molecule has 1 aliphatic carbocycles. The van der Waals surface area contributed by atoms with Crippen LogP contribution in [0.25, 0.3) is 0 Å². The Hall–Kier alpha value is -0.900. The molecule has 2 rings (SSSR count). The molecule has 1 saturated heterocycles. The topological polar surface area (TPSA) is 57.6 Å². The van der Waals surface area contributed by atoms with Crippen molar-refractivity contribution in [2.45, 2.75) is 77.2 Å². The summed E-state index contributed by atoms with van der Waals surface area (Å²) in [5, 5.41) is 10.3. The minimum atomic E-state index is -0.962. The third kappa shape index (κ3) is 3.05. The third-order valence-electron chi connectivity index (χ3n) is 4.84. The number of amides is 2. The van der Waals surface area contributed by atoms with Crippen molar-refractivity contribution in [1.82, 2.24) is 4.90 Å². The molecular weight excluding hydrogens is 254 g/mol. The fraction of sp³-hybridized carbons (Fsp3) is 0.875. The molecule has 1 aliphatic heterocycles. The normalized spacial score (nSPS) is 25.9. The number of imide groups is 1. The second kappa shape index (κ2) is 5.84. The van der Waals surface area contributed by atoms with Gasteiger partial charge in [0, 0.05) is 6.42 Å². The van der Waals surface area contributed by atoms with Gasteiger partial charge in [-0.05, 0) is 26.2 Å². The molecule has 0 radical (unpaired) electrons. The summed E-state index contributed by atoms with van der Waals surface area (Å²) in [6.45, 7) is 3.87. The Kier molecular flexibility index (Phi) is 4.52. The average Bonchev–Trinajstić information content (AvgIpc) is 2.57. The largest absolute Gasteiger partial charge is 0.388 e. The van der Waals surface area contributed by atoms with Crippen LogP contribution in [0.1, 0.15) is 71.6 Å². The van der Waals surface area contributed by atoms with Crippen molar-refractivity contribution in [3.8, 4) is 0 Å². The van der Waals surface area contributed by atoms with Gasteiger partial charge in [-0.1, -0.05) is 39.0 Å². The molecule has 1 atom stereocenters. The Bertz CT molecular complexity index is 381. The van der Waals surface area contributed by atoms with Gasteiger partial charge in [0.2, 0.25) is 11.8 Å². The molecule has 0 bridgehead atoms. The highest BCUT2D eigenvalue weighted by Crippen LogP contribution is 2.44. The van der Waals surface area contributed by atoms with Crippen molar-refractivity contribution < 1.29 is 14.7 Å². The van der Waals surface area contributed by atoms with Crippen molar-refractivity contribution in [3.05, 3.63) is 0 Å². The van der Waals surface area contributed by atoms with E-state index in [-0.39, 0.29) is 18.4 Å². The molecule has 114 valence electrons. The Morgan fingerprint density at radius 1 is 1.20 bits per heavy atom. The van der Waals surface area contributed by atoms with Gasteiger partial charge in [-0.25, -0.2) is 0 Å². The zero-order valence-electron chi connectivity index (χ0n) is 12.8. The first-order valence-electron chi connectivity index (χ1n) is 7.97. The molecule has 20 heavy (non-hydrogen) atoms. The molecule has 2 aliphatic rings. The van der Waals surface area contributed by atoms with Crippen LogP contribution in [-0.2, 0) is 9.59 Å². The predicted molar refractivity (Wildman–Crippen MR) is 77.0 cm³/mol. The van der Waals surface area contributed by atoms with Crippen molar-refractivity contribution in [1.29, 1.82) is 0 Å². The number of carbonyl (C=O) groups is 2. The molecule has 1 heterocycles. The molecule has 2 fully saturated rings. The monoisotopic (exact) mass is 281 g/mol. The van der Waals surface area contributed by atoms with Crippen molar-refractivity contribution in [2.24, 2.45) is 5.41 Å². The molecule has 1 spiro atoms. The van der Waals surface area contributed by atoms with Gasteiger partial charge in [0.05, 0.1) is 17.6 Å². The summed E-state index contributed by atoms with van der Waals surface area (Å²) in [6.07, 6.45) is 7.89. The van der Waals surface area contributed by atoms with Gasteiger partial charge in [0.1, 0.15) is 0 Å². The molecule has 0 aromatic heterocycles. The second-order valence-corrected chi connectivity index (χ2v) is 6.90. The molecule has 0 aromatic carbocycles. The number of hydrogen-bond acceptors (Lipinski definition) is 3. The number of hydrogen-bond donors (Lipinski definition) is 1. The summed E-state index contributed by atoms with van der Waals surface area (Å²) >= 11 is 0. The van der Waals surface area contributed by atoms with Crippen LogP contribution >= 0.6 is 0 Å². The summed E-state index contributed by atoms with van der Waals surface area (Å²) < 4.78 is 0. The lowest BCUT2D eigenvalue weighted by Crippen LogP contribution is -2.45. The Balaban J connectivity index is 2.12. The summed E-state index contributed by atoms with van der Waals surface area (Å²) in [6, 6.07) is 0. The van der Waals surface area contributed by atoms with Crippen LogP contribution in [-0.4, -0.2) is 34.0 Å². The highest BCUT2D eigenvalue weighted by Gasteiger charge is 2.51. The number of nitrogens with zero attached hydrogens (tertiary/aromatic N) is 1. The van der Waals surface area contributed by atoms with E-state index in [1.807, 2.05) is 6.92 Å². The zero-order chi connectivity index (χ0) is 14.8. The minimum Gasteiger partial charge on any atom is -0.388 e. The Morgan fingerprint density at radius 3 is 2.35 bits per heavy atom. The summed E-state index contributed by atoms with van der Waals surface area (Å²) in [5.41, 5.74) is -1.41. The first-order chi connectivity index (χ1) is 9.40. The lowest BCUT2D eigenvalue weighted by atomic mass is 9.79. The molecule has 4 heteroatoms. The van der Waals surface area contributed by atoms with Gasteiger partial charge in [-0.15, -0.1) is 0 Å². The van der Waals surface area contributed by atoms with E-state index in [4.69, 9.17) is 0 Å². The van der Waals surface area contributed by atoms with E-state index >= 15 is 0 Å². The van der Waals surface area contributed by atoms with Crippen LogP contribution in [0.3, 0.4) is 0 Å². The van der Waals surface area contributed by atoms with E-state index in [1.165, 1.54) is 4.90 Å². The van der Waals surface area contributed by atoms with Crippen LogP contribution in [0.15, 0.2) is 0 Å². The SMILES string of the molecule is CCCC(C)(O)CN1C(=O)CC2(CCCCCC2)C1=O. The van der Waals surface area contributed by atoms with Crippen molar-refractivity contribution >= 4 is 11.8 Å². The van der Waals surface area contributed by atoms with Gasteiger partial charge >= 0.3 is 0 Å². The van der Waals surface area contributed by atoms with Gasteiger partial charge < -0.3 is 5.11 Å². The van der Waals surface area contributed by atoms with E-state index < -0.39 is 11.0 Å². The molecule has 1 unspecified atom stereocenters. The van der Waals surface area contributed by atoms with E-state index in [1.54, 1.807) is 6.92 Å². The predicted octanol–water partition coefficient (Wildman–Crippen LogP) is 2.64. The van der Waals surface area contributed by atoms with Gasteiger partial charge in [0.15, 0.2) is 0 Å². The summed E-state index contributed by atoms with van der Waals surface area (Å²) in [7, 11) is 0. The lowest BCUT2D eigenvalue weighted by molar-refractivity contribution is -0.145. The minimum absolute atomic E-state index is 0.0271. The molecule has 1 saturated carbocycles. The van der Waals surface area contributed by atoms with E-state index in [0.29, 0.717) is 12.8 Å². The highest BCUT2D eigenvalue weighted by atomic mass is 16.3. The van der Waals surface area contributed by atoms with Crippen molar-refractivity contribution in [3.63, 3.8) is 0 Å². The maximum atomic E-state index is 12.7. The maximum Gasteiger partial charge on any atom is 0.236 e. The van der Waals surface area contributed by atoms with Gasteiger partial charge in [-0.2, -0.15) is 0 Å². The molecule has 2 amide bonds. The highest BCUT2D eigenvalue weighted by molar-refractivity contribution is 6.06. The molecule has 1 N–H and O–H groups in total. The maximum absolute atomic E-state index is 12.7. The third-order valence-corrected chi connectivity index (χ3v) is 4.84. The molecule has 4 nitrogen and oxygen atoms in total. The van der Waals surface area contributed by atoms with Crippen LogP contribution in [0.4, 0.5) is 0 Å². The number of carbonyl (C=O) groups excluding carboxylic acids is 2. The average molecular weight is 281 g/mol. The van der Waals surface area contributed by atoms with Crippen LogP contribution in [0.5, 0.6) is 0 Å². The smallest absolute Gasteiger partial charge is 0.236 e. The fourth-order valence-electron chi connectivity index (χ4n) is 3.77. The molecule has 0 aromatic rings. The standard InChI is InChI=1S/C16H27NO3/c1-3-8-15(2,20)12-17-13(18)11-16(14(17)19)9-6-4-5-7-10-16/h20H,3-12H2,1-2H3. The van der Waals surface area contributed by atoms with Gasteiger partial charge in [0.25, 0.3) is 0 Å².